The van der Waals surface area contributed by atoms with Crippen LogP contribution in [0.25, 0.3) is 0 Å². The van der Waals surface area contributed by atoms with Gasteiger partial charge < -0.3 is 4.74 Å². The molecule has 0 saturated carbocycles. The molecule has 0 heterocycles. The molecule has 1 aromatic carbocycles. The van der Waals surface area contributed by atoms with Crippen LogP contribution in [-0.4, -0.2) is 24.0 Å². The maximum Gasteiger partial charge on any atom is 0.460 e. The van der Waals surface area contributed by atoms with Crippen molar-refractivity contribution in [3.8, 4) is 0 Å². The number of esters is 1. The van der Waals surface area contributed by atoms with E-state index in [1.54, 1.807) is 0 Å². The molecule has 0 aliphatic carbocycles. The van der Waals surface area contributed by atoms with Crippen LogP contribution in [0.4, 0.5) is 30.7 Å². The molecule has 0 atom stereocenters. The van der Waals surface area contributed by atoms with Gasteiger partial charge in [-0.15, -0.1) is 0 Å². The first kappa shape index (κ1) is 18.8. The maximum atomic E-state index is 13.0. The van der Waals surface area contributed by atoms with E-state index >= 15 is 0 Å². The van der Waals surface area contributed by atoms with E-state index in [0.717, 1.165) is 12.1 Å². The molecule has 2 nitrogen and oxygen atoms in total. The Balaban J connectivity index is 2.88. The Morgan fingerprint density at radius 3 is 2.05 bits per heavy atom. The molecule has 0 saturated heterocycles. The summed E-state index contributed by atoms with van der Waals surface area (Å²) in [5.41, 5.74) is -0.106. The van der Waals surface area contributed by atoms with Gasteiger partial charge in [0.15, 0.2) is 0 Å². The molecule has 0 aromatic heterocycles. The van der Waals surface area contributed by atoms with Crippen molar-refractivity contribution in [1.82, 2.24) is 0 Å². The second-order valence-electron chi connectivity index (χ2n) is 3.96. The first-order valence-electron chi connectivity index (χ1n) is 5.24. The molecular formula is C11H5Cl2F7O2. The van der Waals surface area contributed by atoms with Gasteiger partial charge in [0.2, 0.25) is 0 Å². The number of ether oxygens (including phenoxy) is 1. The number of hydrogen-bond donors (Lipinski definition) is 0. The van der Waals surface area contributed by atoms with Crippen molar-refractivity contribution in [2.75, 3.05) is 0 Å². The molecule has 0 amide bonds. The molecule has 124 valence electrons. The Labute approximate surface area is 128 Å². The van der Waals surface area contributed by atoms with Gasteiger partial charge in [-0.05, 0) is 12.1 Å². The predicted molar refractivity (Wildman–Crippen MR) is 62.2 cm³/mol. The van der Waals surface area contributed by atoms with E-state index in [1.165, 1.54) is 6.07 Å². The zero-order valence-corrected chi connectivity index (χ0v) is 11.7. The number of halogens is 9. The third-order valence-electron chi connectivity index (χ3n) is 2.38. The largest absolute Gasteiger partial charge is 0.460 e. The topological polar surface area (TPSA) is 26.3 Å². The van der Waals surface area contributed by atoms with Crippen LogP contribution in [0.5, 0.6) is 0 Å². The van der Waals surface area contributed by atoms with Gasteiger partial charge in [0.1, 0.15) is 6.61 Å². The van der Waals surface area contributed by atoms with E-state index in [9.17, 15) is 35.5 Å². The number of benzene rings is 1. The van der Waals surface area contributed by atoms with E-state index in [0.29, 0.717) is 0 Å². The molecule has 22 heavy (non-hydrogen) atoms. The molecular weight excluding hydrogens is 368 g/mol. The standard InChI is InChI=1S/C11H5Cl2F7O2/c12-6-2-1-5(7(13)3-6)4-22-8(21)9(14,15)10(16,17)11(18,19)20/h1-3H,4H2. The monoisotopic (exact) mass is 372 g/mol. The summed E-state index contributed by atoms with van der Waals surface area (Å²) in [7, 11) is 0. The molecule has 0 radical (unpaired) electrons. The lowest BCUT2D eigenvalue weighted by molar-refractivity contribution is -0.348. The number of carbonyl (C=O) groups excluding carboxylic acids is 1. The molecule has 0 unspecified atom stereocenters. The van der Waals surface area contributed by atoms with E-state index < -0.39 is 30.6 Å². The van der Waals surface area contributed by atoms with Gasteiger partial charge in [-0.25, -0.2) is 4.79 Å². The van der Waals surface area contributed by atoms with Crippen LogP contribution in [0.2, 0.25) is 10.0 Å². The van der Waals surface area contributed by atoms with Gasteiger partial charge in [0, 0.05) is 15.6 Å². The maximum absolute atomic E-state index is 13.0. The Kier molecular flexibility index (Phi) is 5.23. The molecule has 0 fully saturated rings. The summed E-state index contributed by atoms with van der Waals surface area (Å²) in [5.74, 6) is -15.7. The van der Waals surface area contributed by atoms with Crippen molar-refractivity contribution in [3.63, 3.8) is 0 Å². The summed E-state index contributed by atoms with van der Waals surface area (Å²) < 4.78 is 90.6. The van der Waals surface area contributed by atoms with E-state index in [1.807, 2.05) is 0 Å². The lowest BCUT2D eigenvalue weighted by atomic mass is 10.1. The molecule has 11 heteroatoms. The number of hydrogen-bond acceptors (Lipinski definition) is 2. The SMILES string of the molecule is O=C(OCc1ccc(Cl)cc1Cl)C(F)(F)C(F)(F)C(F)(F)F. The van der Waals surface area contributed by atoms with Crippen molar-refractivity contribution in [2.45, 2.75) is 24.6 Å². The molecule has 1 rings (SSSR count). The van der Waals surface area contributed by atoms with Gasteiger partial charge in [-0.2, -0.15) is 30.7 Å². The third kappa shape index (κ3) is 3.57. The van der Waals surface area contributed by atoms with Crippen molar-refractivity contribution < 1.29 is 40.3 Å². The molecule has 1 aromatic rings. The molecule has 0 bridgehead atoms. The van der Waals surface area contributed by atoms with Gasteiger partial charge in [0.05, 0.1) is 0 Å². The first-order chi connectivity index (χ1) is 9.80. The zero-order chi connectivity index (χ0) is 17.3. The van der Waals surface area contributed by atoms with Crippen molar-refractivity contribution in [3.05, 3.63) is 33.8 Å². The molecule has 0 aliphatic heterocycles. The number of rotatable bonds is 4. The van der Waals surface area contributed by atoms with Crippen LogP contribution < -0.4 is 0 Å². The lowest BCUT2D eigenvalue weighted by Gasteiger charge is -2.26. The van der Waals surface area contributed by atoms with Crippen molar-refractivity contribution >= 4 is 29.2 Å². The Morgan fingerprint density at radius 1 is 1.05 bits per heavy atom. The molecule has 0 spiro atoms. The van der Waals surface area contributed by atoms with Crippen LogP contribution in [-0.2, 0) is 16.1 Å². The highest BCUT2D eigenvalue weighted by Crippen LogP contribution is 2.47. The third-order valence-corrected chi connectivity index (χ3v) is 2.97. The van der Waals surface area contributed by atoms with Crippen molar-refractivity contribution in [2.24, 2.45) is 0 Å². The van der Waals surface area contributed by atoms with E-state index in [4.69, 9.17) is 23.2 Å². The van der Waals surface area contributed by atoms with Gasteiger partial charge >= 0.3 is 24.0 Å². The first-order valence-corrected chi connectivity index (χ1v) is 6.00. The molecule has 0 N–H and O–H groups in total. The van der Waals surface area contributed by atoms with Crippen LogP contribution in [0, 0.1) is 0 Å². The lowest BCUT2D eigenvalue weighted by Crippen LogP contribution is -2.56. The Hall–Kier alpha value is -1.22. The minimum atomic E-state index is -6.62. The molecule has 0 aliphatic rings. The zero-order valence-electron chi connectivity index (χ0n) is 10.2. The minimum absolute atomic E-state index is 0.106. The second kappa shape index (κ2) is 6.11. The smallest absolute Gasteiger partial charge is 0.456 e. The number of carbonyl (C=O) groups is 1. The fourth-order valence-corrected chi connectivity index (χ4v) is 1.64. The Morgan fingerprint density at radius 2 is 1.59 bits per heavy atom. The number of alkyl halides is 7. The second-order valence-corrected chi connectivity index (χ2v) is 4.80. The normalized spacial score (nSPS) is 13.1. The average Bonchev–Trinajstić information content (AvgIpc) is 2.35. The van der Waals surface area contributed by atoms with Crippen molar-refractivity contribution in [1.29, 1.82) is 0 Å². The summed E-state index contributed by atoms with van der Waals surface area (Å²) in [6.07, 6.45) is -6.62. The summed E-state index contributed by atoms with van der Waals surface area (Å²) in [4.78, 5) is 10.9. The summed E-state index contributed by atoms with van der Waals surface area (Å²) >= 11 is 11.1. The van der Waals surface area contributed by atoms with E-state index in [-0.39, 0.29) is 15.6 Å². The highest BCUT2D eigenvalue weighted by Gasteiger charge is 2.77. The van der Waals surface area contributed by atoms with Gasteiger partial charge in [-0.3, -0.25) is 0 Å². The quantitative estimate of drug-likeness (QED) is 0.556. The fourth-order valence-electron chi connectivity index (χ4n) is 1.18. The van der Waals surface area contributed by atoms with E-state index in [2.05, 4.69) is 4.74 Å². The highest BCUT2D eigenvalue weighted by atomic mass is 35.5. The van der Waals surface area contributed by atoms with Crippen LogP contribution >= 0.6 is 23.2 Å². The predicted octanol–water partition coefficient (Wildman–Crippen LogP) is 4.87. The van der Waals surface area contributed by atoms with Gasteiger partial charge in [0.25, 0.3) is 0 Å². The Bertz CT molecular complexity index is 572. The van der Waals surface area contributed by atoms with Crippen LogP contribution in [0.15, 0.2) is 18.2 Å². The van der Waals surface area contributed by atoms with Crippen LogP contribution in [0.3, 0.4) is 0 Å². The summed E-state index contributed by atoms with van der Waals surface area (Å²) in [6.45, 7) is -1.03. The fraction of sp³-hybridized carbons (Fsp3) is 0.364. The van der Waals surface area contributed by atoms with Crippen LogP contribution in [0.1, 0.15) is 5.56 Å². The van der Waals surface area contributed by atoms with Gasteiger partial charge in [-0.1, -0.05) is 29.3 Å². The highest BCUT2D eigenvalue weighted by molar-refractivity contribution is 6.35. The summed E-state index contributed by atoms with van der Waals surface area (Å²) in [6, 6.07) is 3.48. The minimum Gasteiger partial charge on any atom is -0.456 e. The average molecular weight is 373 g/mol. The summed E-state index contributed by atoms with van der Waals surface area (Å²) in [5, 5.41) is 0.000194.